The van der Waals surface area contributed by atoms with E-state index >= 15 is 0 Å². The van der Waals surface area contributed by atoms with Crippen molar-refractivity contribution in [2.75, 3.05) is 12.0 Å². The van der Waals surface area contributed by atoms with Gasteiger partial charge in [0.15, 0.2) is 0 Å². The van der Waals surface area contributed by atoms with Gasteiger partial charge in [-0.25, -0.2) is 4.98 Å². The molecule has 2 aromatic rings. The quantitative estimate of drug-likeness (QED) is 0.755. The maximum Gasteiger partial charge on any atom is 0.307 e. The number of nitrogen functional groups attached to an aromatic ring is 1. The molecule has 6 nitrogen and oxygen atoms in total. The summed E-state index contributed by atoms with van der Waals surface area (Å²) in [7, 11) is -3.73. The molecule has 0 saturated carbocycles. The van der Waals surface area contributed by atoms with Crippen molar-refractivity contribution in [3.63, 3.8) is 0 Å². The minimum absolute atomic E-state index is 0.0959. The Bertz CT molecular complexity index is 851. The molecule has 0 saturated heterocycles. The highest BCUT2D eigenvalue weighted by Gasteiger charge is 2.20. The highest BCUT2D eigenvalue weighted by Crippen LogP contribution is 2.41. The van der Waals surface area contributed by atoms with Crippen LogP contribution in [0.2, 0.25) is 0 Å². The summed E-state index contributed by atoms with van der Waals surface area (Å²) in [6.45, 7) is 3.67. The molecular weight excluding hydrogens is 348 g/mol. The zero-order chi connectivity index (χ0) is 17.9. The first-order chi connectivity index (χ1) is 11.3. The second-order valence-electron chi connectivity index (χ2n) is 5.23. The molecule has 1 aromatic carbocycles. The van der Waals surface area contributed by atoms with Gasteiger partial charge in [0, 0.05) is 15.5 Å². The van der Waals surface area contributed by atoms with Gasteiger partial charge in [0.1, 0.15) is 5.69 Å². The lowest BCUT2D eigenvalue weighted by atomic mass is 10.1. The number of rotatable bonds is 6. The number of nitrogens with zero attached hydrogens (tertiary/aromatic N) is 1. The van der Waals surface area contributed by atoms with Gasteiger partial charge in [0.2, 0.25) is 0 Å². The smallest absolute Gasteiger partial charge is 0.307 e. The Morgan fingerprint density at radius 3 is 2.58 bits per heavy atom. The van der Waals surface area contributed by atoms with Crippen LogP contribution in [0.15, 0.2) is 34.1 Å². The first-order valence-electron chi connectivity index (χ1n) is 7.31. The number of pyridine rings is 1. The Balaban J connectivity index is 2.58. The molecule has 0 atom stereocenters. The number of aliphatic hydroxyl groups excluding tert-OH is 1. The SMILES string of the molecule is CCc1c(C)nc(OS(C)(=O)=O)c(N)c1Sc1ccccc1CO. The van der Waals surface area contributed by atoms with Crippen molar-refractivity contribution >= 4 is 27.6 Å². The summed E-state index contributed by atoms with van der Waals surface area (Å²) in [5.74, 6) is -0.115. The van der Waals surface area contributed by atoms with E-state index in [2.05, 4.69) is 4.98 Å². The number of nitrogens with two attached hydrogens (primary N) is 1. The molecule has 0 fully saturated rings. The Kier molecular flexibility index (Phi) is 5.74. The molecule has 0 bridgehead atoms. The molecule has 0 amide bonds. The Hall–Kier alpha value is -1.77. The Morgan fingerprint density at radius 2 is 2.00 bits per heavy atom. The lowest BCUT2D eigenvalue weighted by molar-refractivity contribution is 0.279. The number of anilines is 1. The number of aliphatic hydroxyl groups is 1. The summed E-state index contributed by atoms with van der Waals surface area (Å²) < 4.78 is 27.8. The number of aromatic nitrogens is 1. The van der Waals surface area contributed by atoms with Crippen molar-refractivity contribution in [3.05, 3.63) is 41.1 Å². The summed E-state index contributed by atoms with van der Waals surface area (Å²) in [6, 6.07) is 7.41. The first-order valence-corrected chi connectivity index (χ1v) is 9.95. The monoisotopic (exact) mass is 368 g/mol. The van der Waals surface area contributed by atoms with Crippen LogP contribution < -0.4 is 9.92 Å². The van der Waals surface area contributed by atoms with Gasteiger partial charge in [-0.1, -0.05) is 36.9 Å². The zero-order valence-electron chi connectivity index (χ0n) is 13.7. The van der Waals surface area contributed by atoms with E-state index in [0.717, 1.165) is 22.3 Å². The zero-order valence-corrected chi connectivity index (χ0v) is 15.4. The van der Waals surface area contributed by atoms with E-state index in [9.17, 15) is 13.5 Å². The van der Waals surface area contributed by atoms with E-state index in [4.69, 9.17) is 9.92 Å². The lowest BCUT2D eigenvalue weighted by Gasteiger charge is -2.17. The van der Waals surface area contributed by atoms with E-state index in [1.807, 2.05) is 31.2 Å². The molecule has 0 aliphatic rings. The van der Waals surface area contributed by atoms with Gasteiger partial charge >= 0.3 is 10.1 Å². The number of aryl methyl sites for hydroxylation is 1. The average molecular weight is 368 g/mol. The maximum atomic E-state index is 11.4. The van der Waals surface area contributed by atoms with Crippen LogP contribution in [0.25, 0.3) is 0 Å². The summed E-state index contributed by atoms with van der Waals surface area (Å²) in [5.41, 5.74) is 8.67. The highest BCUT2D eigenvalue weighted by atomic mass is 32.2. The topological polar surface area (TPSA) is 103 Å². The summed E-state index contributed by atoms with van der Waals surface area (Å²) >= 11 is 1.37. The van der Waals surface area contributed by atoms with Crippen molar-refractivity contribution in [3.8, 4) is 5.88 Å². The third-order valence-corrected chi connectivity index (χ3v) is 5.14. The van der Waals surface area contributed by atoms with Crippen LogP contribution in [0.1, 0.15) is 23.7 Å². The van der Waals surface area contributed by atoms with E-state index < -0.39 is 10.1 Å². The average Bonchev–Trinajstić information content (AvgIpc) is 2.51. The minimum atomic E-state index is -3.73. The van der Waals surface area contributed by atoms with Crippen LogP contribution >= 0.6 is 11.8 Å². The molecule has 0 spiro atoms. The molecule has 0 radical (unpaired) electrons. The second kappa shape index (κ2) is 7.42. The van der Waals surface area contributed by atoms with E-state index in [-0.39, 0.29) is 18.2 Å². The Labute approximate surface area is 146 Å². The molecule has 0 aliphatic carbocycles. The van der Waals surface area contributed by atoms with Crippen LogP contribution in [0.5, 0.6) is 5.88 Å². The molecule has 2 rings (SSSR count). The van der Waals surface area contributed by atoms with Crippen molar-refractivity contribution in [1.82, 2.24) is 4.98 Å². The van der Waals surface area contributed by atoms with Gasteiger partial charge in [0.05, 0.1) is 12.9 Å². The molecule has 1 aromatic heterocycles. The van der Waals surface area contributed by atoms with Gasteiger partial charge in [-0.3, -0.25) is 0 Å². The maximum absolute atomic E-state index is 11.4. The van der Waals surface area contributed by atoms with Crippen molar-refractivity contribution < 1.29 is 17.7 Å². The molecule has 3 N–H and O–H groups in total. The van der Waals surface area contributed by atoms with Crippen LogP contribution in [-0.4, -0.2) is 24.8 Å². The third-order valence-electron chi connectivity index (χ3n) is 3.39. The second-order valence-corrected chi connectivity index (χ2v) is 7.86. The lowest BCUT2D eigenvalue weighted by Crippen LogP contribution is -2.11. The fourth-order valence-corrected chi connectivity index (χ4v) is 3.94. The Morgan fingerprint density at radius 1 is 1.33 bits per heavy atom. The van der Waals surface area contributed by atoms with Crippen molar-refractivity contribution in [1.29, 1.82) is 0 Å². The number of hydrogen-bond donors (Lipinski definition) is 2. The van der Waals surface area contributed by atoms with Gasteiger partial charge < -0.3 is 15.0 Å². The van der Waals surface area contributed by atoms with Gasteiger partial charge in [-0.05, 0) is 30.5 Å². The summed E-state index contributed by atoms with van der Waals surface area (Å²) in [4.78, 5) is 5.73. The van der Waals surface area contributed by atoms with E-state index in [0.29, 0.717) is 17.0 Å². The predicted molar refractivity (Wildman–Crippen MR) is 94.7 cm³/mol. The van der Waals surface area contributed by atoms with Crippen LogP contribution in [-0.2, 0) is 23.1 Å². The molecule has 130 valence electrons. The van der Waals surface area contributed by atoms with E-state index in [1.54, 1.807) is 6.92 Å². The minimum Gasteiger partial charge on any atom is -0.393 e. The standard InChI is InChI=1S/C16H20N2O4S2/c1-4-12-10(2)18-16(22-24(3,20)21)14(17)15(12)23-13-8-6-5-7-11(13)9-19/h5-8,19H,4,9,17H2,1-3H3. The number of hydrogen-bond acceptors (Lipinski definition) is 7. The van der Waals surface area contributed by atoms with Crippen LogP contribution in [0, 0.1) is 6.92 Å². The molecule has 8 heteroatoms. The van der Waals surface area contributed by atoms with Gasteiger partial charge in [0.25, 0.3) is 5.88 Å². The molecule has 24 heavy (non-hydrogen) atoms. The van der Waals surface area contributed by atoms with Gasteiger partial charge in [-0.15, -0.1) is 0 Å². The van der Waals surface area contributed by atoms with Crippen molar-refractivity contribution in [2.45, 2.75) is 36.7 Å². The molecule has 0 unspecified atom stereocenters. The highest BCUT2D eigenvalue weighted by molar-refractivity contribution is 7.99. The largest absolute Gasteiger partial charge is 0.393 e. The summed E-state index contributed by atoms with van der Waals surface area (Å²) in [5, 5.41) is 9.49. The molecular formula is C16H20N2O4S2. The summed E-state index contributed by atoms with van der Waals surface area (Å²) in [6.07, 6.45) is 1.64. The van der Waals surface area contributed by atoms with Crippen LogP contribution in [0.4, 0.5) is 5.69 Å². The van der Waals surface area contributed by atoms with Crippen LogP contribution in [0.3, 0.4) is 0 Å². The fraction of sp³-hybridized carbons (Fsp3) is 0.312. The first kappa shape index (κ1) is 18.6. The molecule has 1 heterocycles. The fourth-order valence-electron chi connectivity index (χ4n) is 2.29. The molecule has 0 aliphatic heterocycles. The van der Waals surface area contributed by atoms with Gasteiger partial charge in [-0.2, -0.15) is 8.42 Å². The predicted octanol–water partition coefficient (Wildman–Crippen LogP) is 2.52. The number of benzene rings is 1. The normalized spacial score (nSPS) is 11.5. The van der Waals surface area contributed by atoms with E-state index in [1.165, 1.54) is 11.8 Å². The third kappa shape index (κ3) is 4.19. The van der Waals surface area contributed by atoms with Crippen molar-refractivity contribution in [2.24, 2.45) is 0 Å².